The smallest absolute Gasteiger partial charge is 0.320 e. The van der Waals surface area contributed by atoms with E-state index in [0.717, 1.165) is 4.57 Å². The van der Waals surface area contributed by atoms with Gasteiger partial charge in [0.15, 0.2) is 0 Å². The standard InChI is InChI=1S/C22H23ClF2N4O2/c1-13(20-26-16-4-2-3-5-18(16)29(20)22(24)25)28-10-8-14(9-11-28)21(31)27-17-12-15(23)6-7-19(17)30/h2-7,12-14,22,30H,8-11H2,1H3,(H,27,31). The molecule has 6 nitrogen and oxygen atoms in total. The van der Waals surface area contributed by atoms with Crippen LogP contribution in [0.5, 0.6) is 5.75 Å². The van der Waals surface area contributed by atoms with Crippen molar-refractivity contribution in [3.05, 3.63) is 53.3 Å². The summed E-state index contributed by atoms with van der Waals surface area (Å²) in [5, 5.41) is 13.0. The highest BCUT2D eigenvalue weighted by molar-refractivity contribution is 6.31. The van der Waals surface area contributed by atoms with Crippen molar-refractivity contribution >= 4 is 34.2 Å². The van der Waals surface area contributed by atoms with Gasteiger partial charge in [-0.05, 0) is 63.2 Å². The van der Waals surface area contributed by atoms with Crippen LogP contribution < -0.4 is 5.32 Å². The second-order valence-electron chi connectivity index (χ2n) is 7.74. The van der Waals surface area contributed by atoms with Crippen LogP contribution >= 0.6 is 11.6 Å². The first kappa shape index (κ1) is 21.5. The number of likely N-dealkylation sites (tertiary alicyclic amines) is 1. The van der Waals surface area contributed by atoms with Crippen molar-refractivity contribution in [2.75, 3.05) is 18.4 Å². The number of halogens is 3. The van der Waals surface area contributed by atoms with Crippen LogP contribution in [0.1, 0.15) is 38.2 Å². The molecule has 1 unspecified atom stereocenters. The zero-order valence-corrected chi connectivity index (χ0v) is 17.7. The third kappa shape index (κ3) is 4.36. The number of carbonyl (C=O) groups is 1. The monoisotopic (exact) mass is 448 g/mol. The summed E-state index contributed by atoms with van der Waals surface area (Å²) in [6.45, 7) is 0.337. The number of imidazole rings is 1. The predicted octanol–water partition coefficient (Wildman–Crippen LogP) is 5.20. The van der Waals surface area contributed by atoms with E-state index in [1.54, 1.807) is 30.3 Å². The molecule has 9 heteroatoms. The molecule has 31 heavy (non-hydrogen) atoms. The molecule has 1 fully saturated rings. The van der Waals surface area contributed by atoms with Crippen LogP contribution in [0.4, 0.5) is 14.5 Å². The number of para-hydroxylation sites is 2. The van der Waals surface area contributed by atoms with Crippen LogP contribution in [0, 0.1) is 5.92 Å². The fourth-order valence-electron chi connectivity index (χ4n) is 4.12. The summed E-state index contributed by atoms with van der Waals surface area (Å²) >= 11 is 5.93. The summed E-state index contributed by atoms with van der Waals surface area (Å²) < 4.78 is 28.5. The Hall–Kier alpha value is -2.71. The third-order valence-electron chi connectivity index (χ3n) is 5.86. The summed E-state index contributed by atoms with van der Waals surface area (Å²) in [5.74, 6) is -0.155. The minimum atomic E-state index is -2.68. The first-order valence-corrected chi connectivity index (χ1v) is 10.5. The van der Waals surface area contributed by atoms with Gasteiger partial charge in [0.1, 0.15) is 11.6 Å². The Kier molecular flexibility index (Phi) is 6.11. The van der Waals surface area contributed by atoms with Gasteiger partial charge in [-0.3, -0.25) is 14.3 Å². The number of anilines is 1. The number of aromatic nitrogens is 2. The van der Waals surface area contributed by atoms with Gasteiger partial charge in [-0.1, -0.05) is 23.7 Å². The lowest BCUT2D eigenvalue weighted by molar-refractivity contribution is -0.121. The van der Waals surface area contributed by atoms with Gasteiger partial charge in [-0.15, -0.1) is 0 Å². The number of alkyl halides is 2. The molecule has 1 aliphatic rings. The molecule has 1 aliphatic heterocycles. The van der Waals surface area contributed by atoms with E-state index in [4.69, 9.17) is 11.6 Å². The number of nitrogens with zero attached hydrogens (tertiary/aromatic N) is 3. The minimum absolute atomic E-state index is 0.0466. The molecule has 0 spiro atoms. The number of amides is 1. The van der Waals surface area contributed by atoms with E-state index in [9.17, 15) is 18.7 Å². The summed E-state index contributed by atoms with van der Waals surface area (Å²) in [7, 11) is 0. The van der Waals surface area contributed by atoms with Crippen LogP contribution in [-0.4, -0.2) is 38.6 Å². The molecular weight excluding hydrogens is 426 g/mol. The maximum atomic E-state index is 13.8. The van der Waals surface area contributed by atoms with Crippen molar-refractivity contribution in [2.45, 2.75) is 32.4 Å². The fourth-order valence-corrected chi connectivity index (χ4v) is 4.29. The topological polar surface area (TPSA) is 70.4 Å². The maximum Gasteiger partial charge on any atom is 0.320 e. The molecule has 1 aromatic heterocycles. The largest absolute Gasteiger partial charge is 0.506 e. The molecule has 1 atom stereocenters. The third-order valence-corrected chi connectivity index (χ3v) is 6.09. The molecular formula is C22H23ClF2N4O2. The normalized spacial score (nSPS) is 16.7. The summed E-state index contributed by atoms with van der Waals surface area (Å²) in [4.78, 5) is 19.2. The highest BCUT2D eigenvalue weighted by Crippen LogP contribution is 2.33. The number of carbonyl (C=O) groups excluding carboxylic acids is 1. The maximum absolute atomic E-state index is 13.8. The number of piperidine rings is 1. The number of nitrogens with one attached hydrogen (secondary N) is 1. The molecule has 1 saturated heterocycles. The number of hydrogen-bond donors (Lipinski definition) is 2. The average molecular weight is 449 g/mol. The fraction of sp³-hybridized carbons (Fsp3) is 0.364. The predicted molar refractivity (Wildman–Crippen MR) is 115 cm³/mol. The van der Waals surface area contributed by atoms with E-state index < -0.39 is 6.55 Å². The van der Waals surface area contributed by atoms with Gasteiger partial charge in [0.25, 0.3) is 0 Å². The van der Waals surface area contributed by atoms with Gasteiger partial charge >= 0.3 is 6.55 Å². The molecule has 0 saturated carbocycles. The Morgan fingerprint density at radius 2 is 1.94 bits per heavy atom. The second kappa shape index (κ2) is 8.80. The molecule has 3 aromatic rings. The van der Waals surface area contributed by atoms with E-state index in [1.807, 2.05) is 6.92 Å². The number of benzene rings is 2. The number of phenolic OH excluding ortho intramolecular Hbond substituents is 1. The lowest BCUT2D eigenvalue weighted by Gasteiger charge is -2.35. The zero-order valence-electron chi connectivity index (χ0n) is 16.9. The summed E-state index contributed by atoms with van der Waals surface area (Å²) in [6, 6.07) is 11.0. The van der Waals surface area contributed by atoms with Crippen molar-refractivity contribution in [3.8, 4) is 5.75 Å². The molecule has 0 radical (unpaired) electrons. The van der Waals surface area contributed by atoms with E-state index in [0.29, 0.717) is 47.8 Å². The van der Waals surface area contributed by atoms with Crippen molar-refractivity contribution in [1.29, 1.82) is 0 Å². The zero-order chi connectivity index (χ0) is 22.1. The van der Waals surface area contributed by atoms with Crippen molar-refractivity contribution in [3.63, 3.8) is 0 Å². The number of hydrogen-bond acceptors (Lipinski definition) is 4. The van der Waals surface area contributed by atoms with Gasteiger partial charge in [0.05, 0.1) is 22.8 Å². The quantitative estimate of drug-likeness (QED) is 0.526. The van der Waals surface area contributed by atoms with Crippen LogP contribution in [0.3, 0.4) is 0 Å². The van der Waals surface area contributed by atoms with Gasteiger partial charge in [-0.2, -0.15) is 8.78 Å². The highest BCUT2D eigenvalue weighted by atomic mass is 35.5. The number of rotatable bonds is 5. The van der Waals surface area contributed by atoms with Gasteiger partial charge in [0.2, 0.25) is 5.91 Å². The second-order valence-corrected chi connectivity index (χ2v) is 8.18. The molecule has 0 aliphatic carbocycles. The van der Waals surface area contributed by atoms with Crippen LogP contribution in [-0.2, 0) is 4.79 Å². The van der Waals surface area contributed by atoms with Crippen LogP contribution in [0.25, 0.3) is 11.0 Å². The molecule has 2 N–H and O–H groups in total. The number of fused-ring (bicyclic) bond motifs is 1. The lowest BCUT2D eigenvalue weighted by Crippen LogP contribution is -2.40. The Morgan fingerprint density at radius 3 is 2.65 bits per heavy atom. The van der Waals surface area contributed by atoms with Crippen molar-refractivity contribution in [1.82, 2.24) is 14.5 Å². The molecule has 2 heterocycles. The van der Waals surface area contributed by atoms with Gasteiger partial charge < -0.3 is 10.4 Å². The van der Waals surface area contributed by atoms with E-state index in [1.165, 1.54) is 12.1 Å². The first-order chi connectivity index (χ1) is 14.8. The first-order valence-electron chi connectivity index (χ1n) is 10.1. The van der Waals surface area contributed by atoms with Gasteiger partial charge in [0, 0.05) is 10.9 Å². The Labute approximate surface area is 183 Å². The minimum Gasteiger partial charge on any atom is -0.506 e. The Morgan fingerprint density at radius 1 is 1.23 bits per heavy atom. The van der Waals surface area contributed by atoms with Crippen molar-refractivity contribution < 1.29 is 18.7 Å². The Bertz CT molecular complexity index is 1100. The Balaban J connectivity index is 1.44. The molecule has 164 valence electrons. The molecule has 4 rings (SSSR count). The number of aromatic hydroxyl groups is 1. The van der Waals surface area contributed by atoms with Crippen LogP contribution in [0.2, 0.25) is 5.02 Å². The van der Waals surface area contributed by atoms with E-state index in [2.05, 4.69) is 15.2 Å². The SMILES string of the molecule is CC(c1nc2ccccc2n1C(F)F)N1CCC(C(=O)Nc2cc(Cl)ccc2O)CC1. The van der Waals surface area contributed by atoms with Crippen molar-refractivity contribution in [2.24, 2.45) is 5.92 Å². The highest BCUT2D eigenvalue weighted by Gasteiger charge is 2.31. The van der Waals surface area contributed by atoms with Gasteiger partial charge in [-0.25, -0.2) is 4.98 Å². The summed E-state index contributed by atoms with van der Waals surface area (Å²) in [6.07, 6.45) is 1.15. The summed E-state index contributed by atoms with van der Waals surface area (Å²) in [5.41, 5.74) is 1.23. The molecule has 0 bridgehead atoms. The molecule has 2 aromatic carbocycles. The molecule has 1 amide bonds. The number of phenols is 1. The van der Waals surface area contributed by atoms with E-state index >= 15 is 0 Å². The van der Waals surface area contributed by atoms with Crippen LogP contribution in [0.15, 0.2) is 42.5 Å². The average Bonchev–Trinajstić information content (AvgIpc) is 3.15. The lowest BCUT2D eigenvalue weighted by atomic mass is 9.94. The van der Waals surface area contributed by atoms with E-state index in [-0.39, 0.29) is 29.3 Å².